The van der Waals surface area contributed by atoms with Crippen LogP contribution < -0.4 is 24.6 Å². The fourth-order valence-electron chi connectivity index (χ4n) is 4.28. The maximum atomic E-state index is 12.9. The van der Waals surface area contributed by atoms with Crippen molar-refractivity contribution in [3.8, 4) is 17.2 Å². The second-order valence-electron chi connectivity index (χ2n) is 9.06. The standard InChI is InChI=1S/C29H33N3O6/c1-20-6-10-23(19-25(20)30-28(33)22-9-13-26(36-2)27(18-22)37-3)32(35)29(34)21-7-11-24(12-8-21)38-17-16-31-14-4-5-15-31/h6-13,18-19,35H,4-5,14-17H2,1-3H3,(H,30,33). The number of hydroxylamine groups is 1. The summed E-state index contributed by atoms with van der Waals surface area (Å²) in [4.78, 5) is 28.2. The van der Waals surface area contributed by atoms with E-state index < -0.39 is 5.91 Å². The molecule has 0 atom stereocenters. The van der Waals surface area contributed by atoms with Crippen molar-refractivity contribution in [2.45, 2.75) is 19.8 Å². The highest BCUT2D eigenvalue weighted by Crippen LogP contribution is 2.29. The zero-order chi connectivity index (χ0) is 27.1. The Bertz CT molecular complexity index is 1270. The number of likely N-dealkylation sites (tertiary alicyclic amines) is 1. The number of hydrogen-bond donors (Lipinski definition) is 2. The molecule has 0 saturated carbocycles. The monoisotopic (exact) mass is 519 g/mol. The molecule has 0 unspecified atom stereocenters. The van der Waals surface area contributed by atoms with E-state index in [1.165, 1.54) is 27.1 Å². The maximum Gasteiger partial charge on any atom is 0.281 e. The number of nitrogens with zero attached hydrogens (tertiary/aromatic N) is 2. The average molecular weight is 520 g/mol. The van der Waals surface area contributed by atoms with Gasteiger partial charge in [-0.1, -0.05) is 6.07 Å². The SMILES string of the molecule is COc1ccc(C(=O)Nc2cc(N(O)C(=O)c3ccc(OCCN4CCCC4)cc3)ccc2C)cc1OC. The first-order chi connectivity index (χ1) is 18.4. The molecule has 0 aliphatic carbocycles. The number of rotatable bonds is 10. The van der Waals surface area contributed by atoms with Gasteiger partial charge in [0.1, 0.15) is 12.4 Å². The minimum absolute atomic E-state index is 0.217. The number of ether oxygens (including phenoxy) is 3. The van der Waals surface area contributed by atoms with E-state index in [0.29, 0.717) is 45.7 Å². The Balaban J connectivity index is 1.40. The summed E-state index contributed by atoms with van der Waals surface area (Å²) in [6, 6.07) is 16.4. The third-order valence-corrected chi connectivity index (χ3v) is 6.53. The first-order valence-electron chi connectivity index (χ1n) is 12.5. The van der Waals surface area contributed by atoms with E-state index in [0.717, 1.165) is 25.2 Å². The molecule has 200 valence electrons. The Labute approximate surface area is 222 Å². The molecule has 0 aromatic heterocycles. The topological polar surface area (TPSA) is 101 Å². The number of methoxy groups -OCH3 is 2. The van der Waals surface area contributed by atoms with Crippen LogP contribution in [-0.4, -0.2) is 62.4 Å². The third kappa shape index (κ3) is 6.42. The fraction of sp³-hybridized carbons (Fsp3) is 0.310. The molecule has 2 N–H and O–H groups in total. The summed E-state index contributed by atoms with van der Waals surface area (Å²) in [6.07, 6.45) is 2.47. The number of benzene rings is 3. The van der Waals surface area contributed by atoms with Gasteiger partial charge in [0.15, 0.2) is 11.5 Å². The van der Waals surface area contributed by atoms with Crippen molar-refractivity contribution >= 4 is 23.2 Å². The smallest absolute Gasteiger partial charge is 0.281 e. The minimum atomic E-state index is -0.602. The Morgan fingerprint density at radius 1 is 0.921 bits per heavy atom. The summed E-state index contributed by atoms with van der Waals surface area (Å²) in [5, 5.41) is 14.1. The highest BCUT2D eigenvalue weighted by Gasteiger charge is 2.18. The van der Waals surface area contributed by atoms with Crippen molar-refractivity contribution in [3.05, 3.63) is 77.4 Å². The van der Waals surface area contributed by atoms with E-state index in [9.17, 15) is 14.8 Å². The molecule has 1 saturated heterocycles. The molecule has 0 bridgehead atoms. The molecule has 0 spiro atoms. The molecule has 0 radical (unpaired) electrons. The molecule has 9 nitrogen and oxygen atoms in total. The quantitative estimate of drug-likeness (QED) is 0.294. The van der Waals surface area contributed by atoms with Crippen LogP contribution >= 0.6 is 0 Å². The van der Waals surface area contributed by atoms with Gasteiger partial charge in [0, 0.05) is 23.4 Å². The maximum absolute atomic E-state index is 12.9. The Morgan fingerprint density at radius 3 is 2.29 bits per heavy atom. The van der Waals surface area contributed by atoms with E-state index in [2.05, 4.69) is 10.2 Å². The van der Waals surface area contributed by atoms with Crippen molar-refractivity contribution in [2.75, 3.05) is 50.8 Å². The molecule has 1 heterocycles. The number of aryl methyl sites for hydroxylation is 1. The third-order valence-electron chi connectivity index (χ3n) is 6.53. The van der Waals surface area contributed by atoms with Crippen LogP contribution in [0.4, 0.5) is 11.4 Å². The van der Waals surface area contributed by atoms with Crippen molar-refractivity contribution in [2.24, 2.45) is 0 Å². The average Bonchev–Trinajstić information content (AvgIpc) is 3.47. The van der Waals surface area contributed by atoms with Gasteiger partial charge in [-0.15, -0.1) is 0 Å². The van der Waals surface area contributed by atoms with Crippen LogP contribution in [0.1, 0.15) is 39.1 Å². The van der Waals surface area contributed by atoms with Crippen LogP contribution in [0, 0.1) is 6.92 Å². The molecule has 4 rings (SSSR count). The summed E-state index contributed by atoms with van der Waals surface area (Å²) < 4.78 is 16.3. The summed E-state index contributed by atoms with van der Waals surface area (Å²) in [6.45, 7) is 5.51. The van der Waals surface area contributed by atoms with Gasteiger partial charge in [0.05, 0.1) is 19.9 Å². The molecule has 1 fully saturated rings. The lowest BCUT2D eigenvalue weighted by Crippen LogP contribution is -2.27. The zero-order valence-corrected chi connectivity index (χ0v) is 21.9. The van der Waals surface area contributed by atoms with Gasteiger partial charge in [-0.2, -0.15) is 5.06 Å². The molecule has 1 aliphatic rings. The van der Waals surface area contributed by atoms with Crippen LogP contribution in [0.15, 0.2) is 60.7 Å². The number of carbonyl (C=O) groups excluding carboxylic acids is 2. The summed E-state index contributed by atoms with van der Waals surface area (Å²) in [7, 11) is 3.02. The zero-order valence-electron chi connectivity index (χ0n) is 21.9. The Morgan fingerprint density at radius 2 is 1.61 bits per heavy atom. The Hall–Kier alpha value is -4.08. The van der Waals surface area contributed by atoms with E-state index in [4.69, 9.17) is 14.2 Å². The van der Waals surface area contributed by atoms with E-state index in [1.807, 2.05) is 6.92 Å². The number of carbonyl (C=O) groups is 2. The van der Waals surface area contributed by atoms with Gasteiger partial charge in [-0.3, -0.25) is 19.7 Å². The number of anilines is 2. The molecule has 3 aromatic carbocycles. The van der Waals surface area contributed by atoms with Crippen molar-refractivity contribution in [3.63, 3.8) is 0 Å². The lowest BCUT2D eigenvalue weighted by molar-refractivity contribution is 0.0854. The molecular weight excluding hydrogens is 486 g/mol. The van der Waals surface area contributed by atoms with Crippen molar-refractivity contribution < 1.29 is 29.0 Å². The van der Waals surface area contributed by atoms with Gasteiger partial charge >= 0.3 is 0 Å². The fourth-order valence-corrected chi connectivity index (χ4v) is 4.28. The van der Waals surface area contributed by atoms with Crippen LogP contribution in [0.3, 0.4) is 0 Å². The van der Waals surface area contributed by atoms with Gasteiger partial charge in [0.2, 0.25) is 0 Å². The molecule has 38 heavy (non-hydrogen) atoms. The largest absolute Gasteiger partial charge is 0.493 e. The van der Waals surface area contributed by atoms with Crippen molar-refractivity contribution in [1.29, 1.82) is 0 Å². The number of amides is 2. The predicted molar refractivity (Wildman–Crippen MR) is 145 cm³/mol. The lowest BCUT2D eigenvalue weighted by atomic mass is 10.1. The first kappa shape index (κ1) is 27.0. The Kier molecular flexibility index (Phi) is 8.83. The summed E-state index contributed by atoms with van der Waals surface area (Å²) in [5.41, 5.74) is 2.10. The predicted octanol–water partition coefficient (Wildman–Crippen LogP) is 4.78. The number of hydrogen-bond acceptors (Lipinski definition) is 7. The highest BCUT2D eigenvalue weighted by atomic mass is 16.5. The summed E-state index contributed by atoms with van der Waals surface area (Å²) >= 11 is 0. The van der Waals surface area contributed by atoms with Crippen LogP contribution in [0.25, 0.3) is 0 Å². The van der Waals surface area contributed by atoms with E-state index in [-0.39, 0.29) is 11.6 Å². The van der Waals surface area contributed by atoms with Crippen molar-refractivity contribution in [1.82, 2.24) is 4.90 Å². The minimum Gasteiger partial charge on any atom is -0.493 e. The van der Waals surface area contributed by atoms with Gasteiger partial charge < -0.3 is 19.5 Å². The first-order valence-corrected chi connectivity index (χ1v) is 12.5. The molecule has 2 amide bonds. The number of nitrogens with one attached hydrogen (secondary N) is 1. The van der Waals surface area contributed by atoms with Crippen LogP contribution in [-0.2, 0) is 0 Å². The van der Waals surface area contributed by atoms with Gasteiger partial charge in [0.25, 0.3) is 11.8 Å². The second-order valence-corrected chi connectivity index (χ2v) is 9.06. The molecular formula is C29H33N3O6. The van der Waals surface area contributed by atoms with Gasteiger partial charge in [-0.05, 0) is 93.0 Å². The normalized spacial score (nSPS) is 13.2. The molecule has 1 aliphatic heterocycles. The van der Waals surface area contributed by atoms with E-state index in [1.54, 1.807) is 60.7 Å². The lowest BCUT2D eigenvalue weighted by Gasteiger charge is -2.18. The van der Waals surface area contributed by atoms with Gasteiger partial charge in [-0.25, -0.2) is 0 Å². The van der Waals surface area contributed by atoms with Crippen LogP contribution in [0.5, 0.6) is 17.2 Å². The summed E-state index contributed by atoms with van der Waals surface area (Å²) in [5.74, 6) is 0.636. The van der Waals surface area contributed by atoms with E-state index >= 15 is 0 Å². The second kappa shape index (κ2) is 12.4. The molecule has 3 aromatic rings. The highest BCUT2D eigenvalue weighted by molar-refractivity contribution is 6.07. The molecule has 9 heteroatoms. The van der Waals surface area contributed by atoms with Crippen LogP contribution in [0.2, 0.25) is 0 Å².